The SMILES string of the molecule is Cc1nc2c(F)cc(I)cn2c1C(=O)O. The summed E-state index contributed by atoms with van der Waals surface area (Å²) in [6.45, 7) is 1.54. The van der Waals surface area contributed by atoms with E-state index in [9.17, 15) is 9.18 Å². The van der Waals surface area contributed by atoms with E-state index in [1.165, 1.54) is 10.5 Å². The molecule has 0 aliphatic heterocycles. The molecule has 0 amide bonds. The Kier molecular flexibility index (Phi) is 2.37. The summed E-state index contributed by atoms with van der Waals surface area (Å²) in [5.74, 6) is -1.63. The Labute approximate surface area is 97.9 Å². The van der Waals surface area contributed by atoms with Gasteiger partial charge in [-0.3, -0.25) is 4.40 Å². The zero-order valence-electron chi connectivity index (χ0n) is 7.66. The van der Waals surface area contributed by atoms with Gasteiger partial charge in [0, 0.05) is 9.77 Å². The number of aromatic carboxylic acids is 1. The van der Waals surface area contributed by atoms with Gasteiger partial charge in [-0.15, -0.1) is 0 Å². The molecular formula is C9H6FIN2O2. The minimum Gasteiger partial charge on any atom is -0.477 e. The smallest absolute Gasteiger partial charge is 0.354 e. The minimum atomic E-state index is -1.11. The number of carbonyl (C=O) groups is 1. The van der Waals surface area contributed by atoms with Crippen LogP contribution in [0.3, 0.4) is 0 Å². The predicted octanol–water partition coefficient (Wildman–Crippen LogP) is 2.08. The van der Waals surface area contributed by atoms with E-state index in [4.69, 9.17) is 5.11 Å². The molecule has 0 spiro atoms. The first-order valence-electron chi connectivity index (χ1n) is 4.07. The second kappa shape index (κ2) is 3.44. The molecule has 0 radical (unpaired) electrons. The van der Waals surface area contributed by atoms with Gasteiger partial charge in [0.2, 0.25) is 0 Å². The highest BCUT2D eigenvalue weighted by molar-refractivity contribution is 14.1. The lowest BCUT2D eigenvalue weighted by molar-refractivity contribution is 0.0688. The highest BCUT2D eigenvalue weighted by atomic mass is 127. The number of carboxylic acid groups (broad SMARTS) is 1. The molecule has 6 heteroatoms. The standard InChI is InChI=1S/C9H6FIN2O2/c1-4-7(9(14)15)13-3-5(11)2-6(10)8(13)12-4/h2-3H,1H3,(H,14,15). The molecule has 0 aliphatic rings. The van der Waals surface area contributed by atoms with Crippen LogP contribution in [0.1, 0.15) is 16.2 Å². The van der Waals surface area contributed by atoms with Crippen molar-refractivity contribution in [1.29, 1.82) is 0 Å². The van der Waals surface area contributed by atoms with Crippen LogP contribution in [0.5, 0.6) is 0 Å². The number of aromatic nitrogens is 2. The van der Waals surface area contributed by atoms with Crippen molar-refractivity contribution in [2.24, 2.45) is 0 Å². The highest BCUT2D eigenvalue weighted by Gasteiger charge is 2.17. The molecule has 1 N–H and O–H groups in total. The van der Waals surface area contributed by atoms with Gasteiger partial charge < -0.3 is 5.11 Å². The topological polar surface area (TPSA) is 54.6 Å². The van der Waals surface area contributed by atoms with Crippen molar-refractivity contribution >= 4 is 34.2 Å². The fourth-order valence-electron chi connectivity index (χ4n) is 1.44. The molecule has 2 rings (SSSR count). The molecule has 0 aliphatic carbocycles. The largest absolute Gasteiger partial charge is 0.477 e. The predicted molar refractivity (Wildman–Crippen MR) is 59.6 cm³/mol. The van der Waals surface area contributed by atoms with Gasteiger partial charge in [-0.05, 0) is 35.6 Å². The van der Waals surface area contributed by atoms with Crippen molar-refractivity contribution in [2.45, 2.75) is 6.92 Å². The summed E-state index contributed by atoms with van der Waals surface area (Å²) in [4.78, 5) is 14.8. The Morgan fingerprint density at radius 3 is 2.93 bits per heavy atom. The van der Waals surface area contributed by atoms with Gasteiger partial charge in [0.1, 0.15) is 0 Å². The lowest BCUT2D eigenvalue weighted by Gasteiger charge is -1.99. The van der Waals surface area contributed by atoms with Crippen LogP contribution in [0.4, 0.5) is 4.39 Å². The van der Waals surface area contributed by atoms with Crippen LogP contribution in [-0.4, -0.2) is 20.5 Å². The van der Waals surface area contributed by atoms with E-state index < -0.39 is 11.8 Å². The van der Waals surface area contributed by atoms with E-state index in [1.54, 1.807) is 13.1 Å². The Balaban J connectivity index is 2.93. The maximum absolute atomic E-state index is 13.4. The van der Waals surface area contributed by atoms with Crippen molar-refractivity contribution in [1.82, 2.24) is 9.38 Å². The van der Waals surface area contributed by atoms with Crippen molar-refractivity contribution in [3.63, 3.8) is 0 Å². The molecule has 0 fully saturated rings. The minimum absolute atomic E-state index is 0.00224. The van der Waals surface area contributed by atoms with E-state index in [0.717, 1.165) is 0 Å². The third-order valence-corrected chi connectivity index (χ3v) is 2.61. The van der Waals surface area contributed by atoms with Crippen molar-refractivity contribution in [3.05, 3.63) is 33.0 Å². The summed E-state index contributed by atoms with van der Waals surface area (Å²) >= 11 is 1.92. The molecule has 0 unspecified atom stereocenters. The molecule has 15 heavy (non-hydrogen) atoms. The summed E-state index contributed by atoms with van der Waals surface area (Å²) < 4.78 is 15.3. The number of fused-ring (bicyclic) bond motifs is 1. The van der Waals surface area contributed by atoms with Gasteiger partial charge in [0.05, 0.1) is 5.69 Å². The van der Waals surface area contributed by atoms with E-state index in [0.29, 0.717) is 9.26 Å². The summed E-state index contributed by atoms with van der Waals surface area (Å²) in [5, 5.41) is 8.95. The van der Waals surface area contributed by atoms with E-state index in [1.807, 2.05) is 22.6 Å². The lowest BCUT2D eigenvalue weighted by Crippen LogP contribution is -2.04. The number of pyridine rings is 1. The van der Waals surface area contributed by atoms with Crippen molar-refractivity contribution < 1.29 is 14.3 Å². The molecular weight excluding hydrogens is 314 g/mol. The average molecular weight is 320 g/mol. The molecule has 4 nitrogen and oxygen atoms in total. The monoisotopic (exact) mass is 320 g/mol. The van der Waals surface area contributed by atoms with Gasteiger partial charge in [0.15, 0.2) is 17.2 Å². The molecule has 78 valence electrons. The zero-order valence-corrected chi connectivity index (χ0v) is 9.82. The van der Waals surface area contributed by atoms with E-state index in [2.05, 4.69) is 4.98 Å². The van der Waals surface area contributed by atoms with Gasteiger partial charge in [-0.25, -0.2) is 14.2 Å². The van der Waals surface area contributed by atoms with Gasteiger partial charge >= 0.3 is 5.97 Å². The summed E-state index contributed by atoms with van der Waals surface area (Å²) in [6, 6.07) is 1.31. The lowest BCUT2D eigenvalue weighted by atomic mass is 10.3. The van der Waals surface area contributed by atoms with Crippen LogP contribution in [-0.2, 0) is 0 Å². The number of aryl methyl sites for hydroxylation is 1. The first-order chi connectivity index (χ1) is 7.00. The Hall–Kier alpha value is -1.18. The molecule has 0 saturated heterocycles. The number of carboxylic acids is 1. The van der Waals surface area contributed by atoms with Crippen LogP contribution in [0.15, 0.2) is 12.3 Å². The molecule has 0 saturated carbocycles. The molecule has 0 atom stereocenters. The summed E-state index contributed by atoms with van der Waals surface area (Å²) in [6.07, 6.45) is 1.54. The second-order valence-electron chi connectivity index (χ2n) is 3.05. The third kappa shape index (κ3) is 1.58. The Morgan fingerprint density at radius 1 is 1.67 bits per heavy atom. The average Bonchev–Trinajstić information content (AvgIpc) is 2.41. The van der Waals surface area contributed by atoms with Crippen LogP contribution >= 0.6 is 22.6 Å². The number of rotatable bonds is 1. The third-order valence-electron chi connectivity index (χ3n) is 2.02. The van der Waals surface area contributed by atoms with Crippen LogP contribution in [0.25, 0.3) is 5.65 Å². The maximum Gasteiger partial charge on any atom is 0.354 e. The van der Waals surface area contributed by atoms with Crippen LogP contribution < -0.4 is 0 Å². The molecule has 2 aromatic rings. The highest BCUT2D eigenvalue weighted by Crippen LogP contribution is 2.17. The number of hydrogen-bond donors (Lipinski definition) is 1. The van der Waals surface area contributed by atoms with Gasteiger partial charge in [-0.1, -0.05) is 0 Å². The summed E-state index contributed by atoms with van der Waals surface area (Å²) in [5.41, 5.74) is 0.358. The first-order valence-corrected chi connectivity index (χ1v) is 5.15. The normalized spacial score (nSPS) is 10.9. The number of hydrogen-bond acceptors (Lipinski definition) is 2. The molecule has 0 aromatic carbocycles. The summed E-state index contributed by atoms with van der Waals surface area (Å²) in [7, 11) is 0. The van der Waals surface area contributed by atoms with Crippen LogP contribution in [0, 0.1) is 16.3 Å². The Morgan fingerprint density at radius 2 is 2.33 bits per heavy atom. The van der Waals surface area contributed by atoms with Crippen LogP contribution in [0.2, 0.25) is 0 Å². The maximum atomic E-state index is 13.4. The number of halogens is 2. The van der Waals surface area contributed by atoms with Gasteiger partial charge in [0.25, 0.3) is 0 Å². The molecule has 2 heterocycles. The van der Waals surface area contributed by atoms with E-state index >= 15 is 0 Å². The quantitative estimate of drug-likeness (QED) is 0.819. The number of nitrogens with zero attached hydrogens (tertiary/aromatic N) is 2. The Bertz CT molecular complexity index is 565. The second-order valence-corrected chi connectivity index (χ2v) is 4.30. The number of imidazole rings is 1. The first kappa shape index (κ1) is 10.3. The molecule has 2 aromatic heterocycles. The van der Waals surface area contributed by atoms with Crippen molar-refractivity contribution in [2.75, 3.05) is 0 Å². The molecule has 0 bridgehead atoms. The van der Waals surface area contributed by atoms with E-state index in [-0.39, 0.29) is 11.3 Å². The van der Waals surface area contributed by atoms with Crippen molar-refractivity contribution in [3.8, 4) is 0 Å². The van der Waals surface area contributed by atoms with Gasteiger partial charge in [-0.2, -0.15) is 0 Å². The fraction of sp³-hybridized carbons (Fsp3) is 0.111. The fourth-order valence-corrected chi connectivity index (χ4v) is 2.00. The zero-order chi connectivity index (χ0) is 11.2.